The molecule has 25 heavy (non-hydrogen) atoms. The van der Waals surface area contributed by atoms with Crippen molar-refractivity contribution in [1.29, 1.82) is 0 Å². The molecule has 1 atom stereocenters. The Labute approximate surface area is 149 Å². The summed E-state index contributed by atoms with van der Waals surface area (Å²) in [5.41, 5.74) is 0.271. The summed E-state index contributed by atoms with van der Waals surface area (Å²) < 4.78 is 15.0. The van der Waals surface area contributed by atoms with Crippen molar-refractivity contribution in [2.24, 2.45) is 11.3 Å². The first kappa shape index (κ1) is 21.2. The van der Waals surface area contributed by atoms with Gasteiger partial charge >= 0.3 is 5.97 Å². The van der Waals surface area contributed by atoms with Gasteiger partial charge in [-0.15, -0.1) is 0 Å². The van der Waals surface area contributed by atoms with Crippen LogP contribution in [0, 0.1) is 11.3 Å². The number of carbonyl (C=O) groups excluding carboxylic acids is 2. The van der Waals surface area contributed by atoms with E-state index in [0.29, 0.717) is 25.5 Å². The Bertz CT molecular complexity index is 562. The quantitative estimate of drug-likeness (QED) is 0.634. The fraction of sp³-hybridized carbons (Fsp3) is 0.722. The van der Waals surface area contributed by atoms with Gasteiger partial charge in [0.2, 0.25) is 11.8 Å². The smallest absolute Gasteiger partial charge is 0.360 e. The second kappa shape index (κ2) is 9.56. The van der Waals surface area contributed by atoms with Gasteiger partial charge in [0.15, 0.2) is 5.69 Å². The lowest BCUT2D eigenvalue weighted by molar-refractivity contribution is -0.133. The van der Waals surface area contributed by atoms with Crippen LogP contribution in [0.3, 0.4) is 0 Å². The molecule has 1 aromatic rings. The summed E-state index contributed by atoms with van der Waals surface area (Å²) in [6.07, 6.45) is 2.65. The molecule has 7 heteroatoms. The minimum absolute atomic E-state index is 0.0200. The lowest BCUT2D eigenvalue weighted by atomic mass is 9.84. The van der Waals surface area contributed by atoms with Crippen LogP contribution in [0.5, 0.6) is 0 Å². The van der Waals surface area contributed by atoms with Gasteiger partial charge in [-0.05, 0) is 17.8 Å². The molecule has 0 radical (unpaired) electrons. The lowest BCUT2D eigenvalue weighted by Crippen LogP contribution is -2.34. The summed E-state index contributed by atoms with van der Waals surface area (Å²) in [4.78, 5) is 29.8. The lowest BCUT2D eigenvalue weighted by Gasteiger charge is -2.26. The highest BCUT2D eigenvalue weighted by molar-refractivity contribution is 5.86. The molecule has 142 valence electrons. The van der Waals surface area contributed by atoms with Crippen molar-refractivity contribution in [3.05, 3.63) is 17.8 Å². The fourth-order valence-corrected chi connectivity index (χ4v) is 2.78. The molecule has 0 aromatic carbocycles. The van der Waals surface area contributed by atoms with Crippen molar-refractivity contribution >= 4 is 11.9 Å². The maximum atomic E-state index is 12.7. The van der Waals surface area contributed by atoms with Gasteiger partial charge in [-0.3, -0.25) is 4.79 Å². The number of nitrogens with zero attached hydrogens (tertiary/aromatic N) is 2. The van der Waals surface area contributed by atoms with Gasteiger partial charge in [0, 0.05) is 20.1 Å². The van der Waals surface area contributed by atoms with E-state index in [1.165, 1.54) is 13.4 Å². The van der Waals surface area contributed by atoms with Gasteiger partial charge < -0.3 is 18.8 Å². The van der Waals surface area contributed by atoms with Crippen LogP contribution in [-0.4, -0.2) is 49.1 Å². The van der Waals surface area contributed by atoms with Crippen molar-refractivity contribution in [2.45, 2.75) is 47.1 Å². The molecule has 1 heterocycles. The predicted molar refractivity (Wildman–Crippen MR) is 93.0 cm³/mol. The van der Waals surface area contributed by atoms with Crippen LogP contribution >= 0.6 is 0 Å². The summed E-state index contributed by atoms with van der Waals surface area (Å²) in [5, 5.41) is 0. The Morgan fingerprint density at radius 3 is 2.56 bits per heavy atom. The number of amides is 1. The maximum Gasteiger partial charge on any atom is 0.360 e. The number of methoxy groups -OCH3 is 2. The van der Waals surface area contributed by atoms with Gasteiger partial charge in [-0.2, -0.15) is 0 Å². The van der Waals surface area contributed by atoms with E-state index < -0.39 is 5.97 Å². The van der Waals surface area contributed by atoms with Gasteiger partial charge in [0.05, 0.1) is 20.3 Å². The molecule has 0 spiro atoms. The van der Waals surface area contributed by atoms with E-state index in [1.54, 1.807) is 12.0 Å². The molecular formula is C18H30N2O5. The summed E-state index contributed by atoms with van der Waals surface area (Å²) >= 11 is 0. The largest absolute Gasteiger partial charge is 0.464 e. The van der Waals surface area contributed by atoms with E-state index in [0.717, 1.165) is 6.42 Å². The first-order valence-corrected chi connectivity index (χ1v) is 8.45. The summed E-state index contributed by atoms with van der Waals surface area (Å²) in [7, 11) is 2.87. The van der Waals surface area contributed by atoms with Crippen molar-refractivity contribution in [3.63, 3.8) is 0 Å². The van der Waals surface area contributed by atoms with Crippen molar-refractivity contribution in [1.82, 2.24) is 9.88 Å². The molecule has 0 aliphatic carbocycles. The molecule has 0 fully saturated rings. The van der Waals surface area contributed by atoms with E-state index in [9.17, 15) is 9.59 Å². The molecule has 0 bridgehead atoms. The van der Waals surface area contributed by atoms with Crippen LogP contribution in [0.1, 0.15) is 56.9 Å². The fourth-order valence-electron chi connectivity index (χ4n) is 2.78. The molecule has 0 saturated carbocycles. The molecule has 1 amide bonds. The summed E-state index contributed by atoms with van der Waals surface area (Å²) in [6, 6.07) is 0. The highest BCUT2D eigenvalue weighted by Gasteiger charge is 2.23. The number of hydrogen-bond donors (Lipinski definition) is 0. The Morgan fingerprint density at radius 1 is 1.32 bits per heavy atom. The zero-order valence-electron chi connectivity index (χ0n) is 16.1. The third-order valence-corrected chi connectivity index (χ3v) is 3.67. The van der Waals surface area contributed by atoms with Crippen molar-refractivity contribution in [3.8, 4) is 0 Å². The van der Waals surface area contributed by atoms with Gasteiger partial charge in [0.1, 0.15) is 6.26 Å². The molecule has 0 N–H and O–H groups in total. The molecule has 0 aliphatic rings. The SMILES string of the molecule is COCCN(Cc1nc(C(=O)OC)co1)C(=O)CC(C)CC(C)(C)C. The van der Waals surface area contributed by atoms with Gasteiger partial charge in [0.25, 0.3) is 0 Å². The molecule has 0 saturated heterocycles. The average molecular weight is 354 g/mol. The Hall–Kier alpha value is -1.89. The minimum Gasteiger partial charge on any atom is -0.464 e. The van der Waals surface area contributed by atoms with Crippen LogP contribution in [0.15, 0.2) is 10.7 Å². The Kier molecular flexibility index (Phi) is 8.09. The molecular weight excluding hydrogens is 324 g/mol. The van der Waals surface area contributed by atoms with E-state index in [-0.39, 0.29) is 29.5 Å². The van der Waals surface area contributed by atoms with Gasteiger partial charge in [-0.1, -0.05) is 27.7 Å². The second-order valence-electron chi connectivity index (χ2n) is 7.50. The Morgan fingerprint density at radius 2 is 2.00 bits per heavy atom. The second-order valence-corrected chi connectivity index (χ2v) is 7.50. The number of ether oxygens (including phenoxy) is 2. The number of aromatic nitrogens is 1. The zero-order valence-corrected chi connectivity index (χ0v) is 16.1. The first-order valence-electron chi connectivity index (χ1n) is 8.45. The standard InChI is InChI=1S/C18H30N2O5/c1-13(10-18(2,3)4)9-16(21)20(7-8-23-5)11-15-19-14(12-25-15)17(22)24-6/h12-13H,7-11H2,1-6H3. The predicted octanol–water partition coefficient (Wildman–Crippen LogP) is 2.90. The highest BCUT2D eigenvalue weighted by Crippen LogP contribution is 2.26. The van der Waals surface area contributed by atoms with Crippen LogP contribution in [0.4, 0.5) is 0 Å². The van der Waals surface area contributed by atoms with Crippen LogP contribution < -0.4 is 0 Å². The van der Waals surface area contributed by atoms with E-state index in [4.69, 9.17) is 9.15 Å². The molecule has 7 nitrogen and oxygen atoms in total. The number of esters is 1. The monoisotopic (exact) mass is 354 g/mol. The maximum absolute atomic E-state index is 12.7. The third kappa shape index (κ3) is 7.69. The van der Waals surface area contributed by atoms with Crippen molar-refractivity contribution < 1.29 is 23.5 Å². The van der Waals surface area contributed by atoms with E-state index in [1.807, 2.05) is 0 Å². The van der Waals surface area contributed by atoms with Crippen molar-refractivity contribution in [2.75, 3.05) is 27.4 Å². The van der Waals surface area contributed by atoms with E-state index in [2.05, 4.69) is 37.4 Å². The highest BCUT2D eigenvalue weighted by atomic mass is 16.5. The number of hydrogen-bond acceptors (Lipinski definition) is 6. The number of oxazole rings is 1. The minimum atomic E-state index is -0.566. The molecule has 1 rings (SSSR count). The van der Waals surface area contributed by atoms with Crippen LogP contribution in [-0.2, 0) is 20.8 Å². The van der Waals surface area contributed by atoms with Gasteiger partial charge in [-0.25, -0.2) is 9.78 Å². The first-order chi connectivity index (χ1) is 11.7. The number of rotatable bonds is 9. The Balaban J connectivity index is 2.74. The molecule has 1 aromatic heterocycles. The summed E-state index contributed by atoms with van der Waals surface area (Å²) in [5.74, 6) is 0.0243. The van der Waals surface area contributed by atoms with E-state index >= 15 is 0 Å². The molecule has 0 aliphatic heterocycles. The summed E-state index contributed by atoms with van der Waals surface area (Å²) in [6.45, 7) is 9.63. The molecule has 1 unspecified atom stereocenters. The number of carbonyl (C=O) groups is 2. The van der Waals surface area contributed by atoms with Crippen LogP contribution in [0.2, 0.25) is 0 Å². The average Bonchev–Trinajstić information content (AvgIpc) is 2.97. The third-order valence-electron chi connectivity index (χ3n) is 3.67. The normalized spacial score (nSPS) is 12.7. The van der Waals surface area contributed by atoms with Crippen LogP contribution in [0.25, 0.3) is 0 Å². The zero-order chi connectivity index (χ0) is 19.0. The topological polar surface area (TPSA) is 81.9 Å².